The summed E-state index contributed by atoms with van der Waals surface area (Å²) >= 11 is 0. The van der Waals surface area contributed by atoms with E-state index in [-0.39, 0.29) is 0 Å². The molecule has 1 saturated carbocycles. The fourth-order valence-corrected chi connectivity index (χ4v) is 2.46. The largest absolute Gasteiger partial charge is 0.386 e. The van der Waals surface area contributed by atoms with E-state index in [0.717, 1.165) is 18.3 Å². The molecule has 0 aromatic carbocycles. The lowest BCUT2D eigenvalue weighted by Gasteiger charge is -2.35. The molecule has 1 heteroatoms. The second-order valence-corrected chi connectivity index (χ2v) is 4.77. The van der Waals surface area contributed by atoms with E-state index >= 15 is 0 Å². The summed E-state index contributed by atoms with van der Waals surface area (Å²) in [5, 5.41) is 3.57. The van der Waals surface area contributed by atoms with Gasteiger partial charge in [-0.2, -0.15) is 0 Å². The summed E-state index contributed by atoms with van der Waals surface area (Å²) in [5.41, 5.74) is 1.21. The topological polar surface area (TPSA) is 12.0 Å². The van der Waals surface area contributed by atoms with Gasteiger partial charge < -0.3 is 5.32 Å². The zero-order valence-corrected chi connectivity index (χ0v) is 9.97. The molecule has 1 N–H and O–H groups in total. The number of nitrogens with one attached hydrogen (secondary N) is 1. The lowest BCUT2D eigenvalue weighted by molar-refractivity contribution is 0.221. The Balaban J connectivity index is 2.38. The van der Waals surface area contributed by atoms with Gasteiger partial charge in [-0.3, -0.25) is 0 Å². The third-order valence-corrected chi connectivity index (χ3v) is 3.67. The van der Waals surface area contributed by atoms with Crippen LogP contribution in [-0.2, 0) is 0 Å². The van der Waals surface area contributed by atoms with Crippen molar-refractivity contribution in [2.45, 2.75) is 58.9 Å². The minimum absolute atomic E-state index is 0.685. The first kappa shape index (κ1) is 11.6. The van der Waals surface area contributed by atoms with Gasteiger partial charge in [-0.05, 0) is 37.5 Å². The van der Waals surface area contributed by atoms with Crippen molar-refractivity contribution >= 4 is 0 Å². The molecule has 0 saturated heterocycles. The molecule has 0 amide bonds. The van der Waals surface area contributed by atoms with Crippen molar-refractivity contribution in [1.82, 2.24) is 5.32 Å². The molecule has 0 bridgehead atoms. The lowest BCUT2D eigenvalue weighted by Crippen LogP contribution is -2.38. The van der Waals surface area contributed by atoms with E-state index in [2.05, 4.69) is 32.7 Å². The van der Waals surface area contributed by atoms with Crippen LogP contribution in [0, 0.1) is 11.8 Å². The molecule has 3 atom stereocenters. The molecule has 82 valence electrons. The molecule has 0 spiro atoms. The smallest absolute Gasteiger partial charge is 0.0283 e. The van der Waals surface area contributed by atoms with Crippen molar-refractivity contribution in [3.63, 3.8) is 0 Å². The highest BCUT2D eigenvalue weighted by Crippen LogP contribution is 2.31. The molecule has 0 radical (unpaired) electrons. The van der Waals surface area contributed by atoms with E-state index in [1.54, 1.807) is 0 Å². The SMILES string of the molecule is C=C(CC)NC1CCC(CC)CC1C. The van der Waals surface area contributed by atoms with Crippen LogP contribution in [0.25, 0.3) is 0 Å². The highest BCUT2D eigenvalue weighted by Gasteiger charge is 2.26. The van der Waals surface area contributed by atoms with Gasteiger partial charge in [-0.15, -0.1) is 0 Å². The van der Waals surface area contributed by atoms with Gasteiger partial charge >= 0.3 is 0 Å². The van der Waals surface area contributed by atoms with E-state index in [4.69, 9.17) is 0 Å². The maximum Gasteiger partial charge on any atom is 0.0283 e. The van der Waals surface area contributed by atoms with Crippen LogP contribution in [0.3, 0.4) is 0 Å². The molecule has 1 fully saturated rings. The maximum absolute atomic E-state index is 4.03. The molecule has 1 aliphatic rings. The summed E-state index contributed by atoms with van der Waals surface area (Å²) in [5.74, 6) is 1.79. The van der Waals surface area contributed by atoms with Gasteiger partial charge in [0.05, 0.1) is 0 Å². The van der Waals surface area contributed by atoms with Crippen LogP contribution in [-0.4, -0.2) is 6.04 Å². The summed E-state index contributed by atoms with van der Waals surface area (Å²) in [7, 11) is 0. The first-order chi connectivity index (χ1) is 6.67. The van der Waals surface area contributed by atoms with Crippen molar-refractivity contribution in [3.8, 4) is 0 Å². The van der Waals surface area contributed by atoms with Crippen molar-refractivity contribution in [1.29, 1.82) is 0 Å². The lowest BCUT2D eigenvalue weighted by atomic mass is 9.78. The van der Waals surface area contributed by atoms with Gasteiger partial charge in [0.1, 0.15) is 0 Å². The van der Waals surface area contributed by atoms with Crippen molar-refractivity contribution in [2.75, 3.05) is 0 Å². The predicted molar refractivity (Wildman–Crippen MR) is 63.2 cm³/mol. The molecular weight excluding hydrogens is 170 g/mol. The Morgan fingerprint density at radius 1 is 1.36 bits per heavy atom. The highest BCUT2D eigenvalue weighted by molar-refractivity contribution is 4.95. The minimum Gasteiger partial charge on any atom is -0.386 e. The van der Waals surface area contributed by atoms with E-state index in [1.165, 1.54) is 31.4 Å². The molecule has 14 heavy (non-hydrogen) atoms. The first-order valence-electron chi connectivity index (χ1n) is 6.11. The van der Waals surface area contributed by atoms with Gasteiger partial charge in [0.2, 0.25) is 0 Å². The molecule has 1 rings (SSSR count). The number of rotatable bonds is 4. The molecule has 1 nitrogen and oxygen atoms in total. The zero-order valence-electron chi connectivity index (χ0n) is 9.97. The normalized spacial score (nSPS) is 32.6. The third kappa shape index (κ3) is 3.04. The molecule has 0 heterocycles. The van der Waals surface area contributed by atoms with Gasteiger partial charge in [0, 0.05) is 11.7 Å². The monoisotopic (exact) mass is 195 g/mol. The Morgan fingerprint density at radius 2 is 2.07 bits per heavy atom. The second kappa shape index (κ2) is 5.43. The van der Waals surface area contributed by atoms with Crippen LogP contribution >= 0.6 is 0 Å². The zero-order chi connectivity index (χ0) is 10.6. The molecule has 1 aliphatic carbocycles. The van der Waals surface area contributed by atoms with E-state index in [1.807, 2.05) is 0 Å². The molecule has 0 aliphatic heterocycles. The fourth-order valence-electron chi connectivity index (χ4n) is 2.46. The summed E-state index contributed by atoms with van der Waals surface area (Å²) < 4.78 is 0. The van der Waals surface area contributed by atoms with Crippen LogP contribution in [0.4, 0.5) is 0 Å². The quantitative estimate of drug-likeness (QED) is 0.721. The van der Waals surface area contributed by atoms with E-state index in [9.17, 15) is 0 Å². The van der Waals surface area contributed by atoms with Crippen LogP contribution < -0.4 is 5.32 Å². The van der Waals surface area contributed by atoms with Crippen molar-refractivity contribution < 1.29 is 0 Å². The predicted octanol–water partition coefficient (Wildman–Crippen LogP) is 3.71. The molecule has 3 unspecified atom stereocenters. The number of hydrogen-bond donors (Lipinski definition) is 1. The molecular formula is C13H25N. The number of hydrogen-bond acceptors (Lipinski definition) is 1. The van der Waals surface area contributed by atoms with E-state index < -0.39 is 0 Å². The van der Waals surface area contributed by atoms with Gasteiger partial charge in [-0.25, -0.2) is 0 Å². The minimum atomic E-state index is 0.685. The van der Waals surface area contributed by atoms with Crippen LogP contribution in [0.5, 0.6) is 0 Å². The average molecular weight is 195 g/mol. The van der Waals surface area contributed by atoms with Crippen molar-refractivity contribution in [2.24, 2.45) is 11.8 Å². The Bertz CT molecular complexity index is 186. The van der Waals surface area contributed by atoms with Gasteiger partial charge in [-0.1, -0.05) is 33.8 Å². The second-order valence-electron chi connectivity index (χ2n) is 4.77. The number of allylic oxidation sites excluding steroid dienone is 1. The molecule has 0 aromatic heterocycles. The Kier molecular flexibility index (Phi) is 4.50. The molecule has 0 aromatic rings. The summed E-state index contributed by atoms with van der Waals surface area (Å²) in [4.78, 5) is 0. The highest BCUT2D eigenvalue weighted by atomic mass is 14.9. The van der Waals surface area contributed by atoms with Crippen molar-refractivity contribution in [3.05, 3.63) is 12.3 Å². The van der Waals surface area contributed by atoms with E-state index in [0.29, 0.717) is 6.04 Å². The Hall–Kier alpha value is -0.460. The summed E-state index contributed by atoms with van der Waals surface area (Å²) in [6, 6.07) is 0.685. The van der Waals surface area contributed by atoms with Gasteiger partial charge in [0.15, 0.2) is 0 Å². The summed E-state index contributed by atoms with van der Waals surface area (Å²) in [6.45, 7) is 10.9. The fraction of sp³-hybridized carbons (Fsp3) is 0.846. The van der Waals surface area contributed by atoms with Crippen LogP contribution in [0.15, 0.2) is 12.3 Å². The summed E-state index contributed by atoms with van der Waals surface area (Å²) in [6.07, 6.45) is 6.53. The average Bonchev–Trinajstić information content (AvgIpc) is 2.20. The first-order valence-corrected chi connectivity index (χ1v) is 6.11. The maximum atomic E-state index is 4.03. The third-order valence-electron chi connectivity index (χ3n) is 3.67. The Morgan fingerprint density at radius 3 is 2.57 bits per heavy atom. The standard InChI is InChI=1S/C13H25N/c1-5-11(4)14-13-8-7-12(6-2)9-10(13)3/h10,12-14H,4-9H2,1-3H3. The van der Waals surface area contributed by atoms with Gasteiger partial charge in [0.25, 0.3) is 0 Å². The Labute approximate surface area is 89.0 Å². The van der Waals surface area contributed by atoms with Crippen LogP contribution in [0.2, 0.25) is 0 Å². The van der Waals surface area contributed by atoms with Crippen LogP contribution in [0.1, 0.15) is 52.9 Å².